The molecule has 0 saturated carbocycles. The van der Waals surface area contributed by atoms with Gasteiger partial charge in [0.25, 0.3) is 36.3 Å². The first-order valence-corrected chi connectivity index (χ1v) is 15.4. The number of azo groups is 1. The molecule has 4 aromatic carbocycles. The van der Waals surface area contributed by atoms with Gasteiger partial charge in [-0.05, 0) is 60.3 Å². The molecule has 4 aromatic rings. The Morgan fingerprint density at radius 3 is 1.98 bits per heavy atom. The molecule has 17 heteroatoms. The summed E-state index contributed by atoms with van der Waals surface area (Å²) >= 11 is 0. The number of phenols is 1. The van der Waals surface area contributed by atoms with Crippen molar-refractivity contribution in [3.63, 3.8) is 0 Å². The molecule has 0 heterocycles. The van der Waals surface area contributed by atoms with E-state index in [1.165, 1.54) is 25.1 Å². The van der Waals surface area contributed by atoms with Gasteiger partial charge < -0.3 is 10.4 Å². The molecule has 0 aromatic heterocycles. The van der Waals surface area contributed by atoms with Crippen molar-refractivity contribution in [2.24, 2.45) is 10.2 Å². The van der Waals surface area contributed by atoms with Crippen LogP contribution in [-0.4, -0.2) is 49.9 Å². The van der Waals surface area contributed by atoms with E-state index >= 15 is 0 Å². The second-order valence-electron chi connectivity index (χ2n) is 8.56. The lowest BCUT2D eigenvalue weighted by Gasteiger charge is -2.15. The summed E-state index contributed by atoms with van der Waals surface area (Å²) in [5, 5.41) is 20.0. The van der Waals surface area contributed by atoms with Gasteiger partial charge in [0.2, 0.25) is 0 Å². The molecule has 14 nitrogen and oxygen atoms in total. The van der Waals surface area contributed by atoms with Crippen molar-refractivity contribution >= 4 is 64.1 Å². The number of aryl methyl sites for hydroxylation is 1. The Hall–Kier alpha value is -4.26. The fourth-order valence-corrected chi connectivity index (χ4v) is 5.71. The molecule has 0 aliphatic rings. The molecule has 0 spiro atoms. The molecular formula is C24H19N3O11S3. The molecule has 0 saturated heterocycles. The standard InChI is InChI=1S/C24H19N3O11S3/c1-13-7-8-17(19(9-13)40(33,34)35)26-27-22-20(41(36,37)38)11-15-10-16(39(30,31)32)12-18(21(15)23(22)28)25-24(29)14-5-3-2-4-6-14/h2-12,28H,1H3,(H,25,29)(H,30,31,32)(H,33,34,35)(H,36,37,38). The minimum absolute atomic E-state index is 0.115. The van der Waals surface area contributed by atoms with Gasteiger partial charge in [-0.15, -0.1) is 10.2 Å². The van der Waals surface area contributed by atoms with E-state index in [0.717, 1.165) is 24.3 Å². The molecule has 0 unspecified atom stereocenters. The average Bonchev–Trinajstić information content (AvgIpc) is 2.87. The van der Waals surface area contributed by atoms with Crippen molar-refractivity contribution < 1.29 is 48.8 Å². The van der Waals surface area contributed by atoms with E-state index in [4.69, 9.17) is 0 Å². The predicted octanol–water partition coefficient (Wildman–Crippen LogP) is 4.26. The Labute approximate surface area is 233 Å². The van der Waals surface area contributed by atoms with E-state index < -0.39 is 73.8 Å². The van der Waals surface area contributed by atoms with Gasteiger partial charge in [0.1, 0.15) is 21.2 Å². The first-order chi connectivity index (χ1) is 19.0. The van der Waals surface area contributed by atoms with Gasteiger partial charge in [0.15, 0.2) is 5.75 Å². The molecule has 0 fully saturated rings. The van der Waals surface area contributed by atoms with Gasteiger partial charge in [0.05, 0.1) is 10.6 Å². The van der Waals surface area contributed by atoms with Crippen molar-refractivity contribution in [1.29, 1.82) is 0 Å². The minimum Gasteiger partial charge on any atom is -0.505 e. The maximum atomic E-state index is 12.8. The van der Waals surface area contributed by atoms with E-state index in [0.29, 0.717) is 11.6 Å². The number of hydrogen-bond donors (Lipinski definition) is 5. The summed E-state index contributed by atoms with van der Waals surface area (Å²) in [5.74, 6) is -1.80. The van der Waals surface area contributed by atoms with Crippen molar-refractivity contribution in [2.45, 2.75) is 21.6 Å². The highest BCUT2D eigenvalue weighted by atomic mass is 32.2. The number of nitrogens with zero attached hydrogens (tertiary/aromatic N) is 2. The van der Waals surface area contributed by atoms with Gasteiger partial charge in [-0.25, -0.2) is 0 Å². The third kappa shape index (κ3) is 6.40. The third-order valence-corrected chi connectivity index (χ3v) is 8.22. The first kappa shape index (κ1) is 29.7. The van der Waals surface area contributed by atoms with E-state index in [2.05, 4.69) is 15.5 Å². The molecule has 5 N–H and O–H groups in total. The summed E-state index contributed by atoms with van der Waals surface area (Å²) in [6, 6.07) is 13.4. The molecule has 0 aliphatic heterocycles. The highest BCUT2D eigenvalue weighted by Gasteiger charge is 2.26. The smallest absolute Gasteiger partial charge is 0.296 e. The van der Waals surface area contributed by atoms with Crippen LogP contribution in [0.4, 0.5) is 17.1 Å². The van der Waals surface area contributed by atoms with Crippen LogP contribution in [0, 0.1) is 6.92 Å². The maximum absolute atomic E-state index is 12.8. The summed E-state index contributed by atoms with van der Waals surface area (Å²) < 4.78 is 101. The Balaban J connectivity index is 2.03. The largest absolute Gasteiger partial charge is 0.505 e. The number of carbonyl (C=O) groups is 1. The Morgan fingerprint density at radius 2 is 1.39 bits per heavy atom. The lowest BCUT2D eigenvalue weighted by Crippen LogP contribution is -2.13. The summed E-state index contributed by atoms with van der Waals surface area (Å²) in [6.07, 6.45) is 0. The topological polar surface area (TPSA) is 237 Å². The molecular weight excluding hydrogens is 602 g/mol. The normalized spacial score (nSPS) is 12.6. The number of fused-ring (bicyclic) bond motifs is 1. The van der Waals surface area contributed by atoms with Crippen molar-refractivity contribution in [3.8, 4) is 5.75 Å². The third-order valence-electron chi connectivity index (χ3n) is 5.63. The van der Waals surface area contributed by atoms with E-state index in [1.54, 1.807) is 18.2 Å². The van der Waals surface area contributed by atoms with Gasteiger partial charge in [-0.2, -0.15) is 25.3 Å². The lowest BCUT2D eigenvalue weighted by atomic mass is 10.1. The lowest BCUT2D eigenvalue weighted by molar-refractivity contribution is 0.102. The van der Waals surface area contributed by atoms with Crippen LogP contribution in [0.2, 0.25) is 0 Å². The zero-order chi connectivity index (χ0) is 30.3. The van der Waals surface area contributed by atoms with E-state index in [9.17, 15) is 48.8 Å². The number of anilines is 1. The Bertz CT molecular complexity index is 2080. The molecule has 41 heavy (non-hydrogen) atoms. The number of benzene rings is 4. The number of aromatic hydroxyl groups is 1. The fraction of sp³-hybridized carbons (Fsp3) is 0.0417. The zero-order valence-electron chi connectivity index (χ0n) is 20.6. The number of carbonyl (C=O) groups excluding carboxylic acids is 1. The summed E-state index contributed by atoms with van der Waals surface area (Å²) in [7, 11) is -15.0. The van der Waals surface area contributed by atoms with Crippen molar-refractivity contribution in [2.75, 3.05) is 5.32 Å². The fourth-order valence-electron chi connectivity index (χ4n) is 3.80. The molecule has 1 amide bonds. The maximum Gasteiger partial charge on any atom is 0.296 e. The predicted molar refractivity (Wildman–Crippen MR) is 145 cm³/mol. The zero-order valence-corrected chi connectivity index (χ0v) is 23.1. The highest BCUT2D eigenvalue weighted by molar-refractivity contribution is 7.86. The van der Waals surface area contributed by atoms with Crippen LogP contribution < -0.4 is 5.32 Å². The molecule has 0 bridgehead atoms. The SMILES string of the molecule is Cc1ccc(N=Nc2c(S(=O)(=O)O)cc3cc(S(=O)(=O)O)cc(NC(=O)c4ccccc4)c3c2O)c(S(=O)(=O)O)c1. The highest BCUT2D eigenvalue weighted by Crippen LogP contribution is 2.45. The van der Waals surface area contributed by atoms with Crippen molar-refractivity contribution in [1.82, 2.24) is 0 Å². The Morgan fingerprint density at radius 1 is 0.756 bits per heavy atom. The van der Waals surface area contributed by atoms with E-state index in [-0.39, 0.29) is 16.3 Å². The van der Waals surface area contributed by atoms with Crippen LogP contribution in [0.15, 0.2) is 91.6 Å². The summed E-state index contributed by atoms with van der Waals surface area (Å²) in [4.78, 5) is 10.3. The van der Waals surface area contributed by atoms with Crippen LogP contribution in [0.3, 0.4) is 0 Å². The number of hydrogen-bond acceptors (Lipinski definition) is 10. The minimum atomic E-state index is -5.20. The Kier molecular flexibility index (Phi) is 7.69. The van der Waals surface area contributed by atoms with Crippen LogP contribution >= 0.6 is 0 Å². The monoisotopic (exact) mass is 621 g/mol. The van der Waals surface area contributed by atoms with Gasteiger partial charge in [0, 0.05) is 10.9 Å². The molecule has 0 atom stereocenters. The van der Waals surface area contributed by atoms with Gasteiger partial charge >= 0.3 is 0 Å². The quantitative estimate of drug-likeness (QED) is 0.144. The molecule has 214 valence electrons. The number of nitrogens with one attached hydrogen (secondary N) is 1. The molecule has 0 radical (unpaired) electrons. The average molecular weight is 622 g/mol. The molecule has 4 rings (SSSR count). The van der Waals surface area contributed by atoms with Gasteiger partial charge in [-0.1, -0.05) is 24.3 Å². The van der Waals surface area contributed by atoms with Crippen LogP contribution in [0.25, 0.3) is 10.8 Å². The van der Waals surface area contributed by atoms with E-state index in [1.807, 2.05) is 0 Å². The number of rotatable bonds is 7. The second-order valence-corrected chi connectivity index (χ2v) is 12.8. The summed E-state index contributed by atoms with van der Waals surface area (Å²) in [5.41, 5.74) is -1.26. The number of phenolic OH excluding ortho intramolecular Hbond substituents is 1. The first-order valence-electron chi connectivity index (χ1n) is 11.1. The van der Waals surface area contributed by atoms with Gasteiger partial charge in [-0.3, -0.25) is 18.5 Å². The summed E-state index contributed by atoms with van der Waals surface area (Å²) in [6.45, 7) is 1.52. The van der Waals surface area contributed by atoms with Crippen LogP contribution in [0.1, 0.15) is 15.9 Å². The van der Waals surface area contributed by atoms with Crippen LogP contribution in [0.5, 0.6) is 5.75 Å². The molecule has 0 aliphatic carbocycles. The van der Waals surface area contributed by atoms with Crippen LogP contribution in [-0.2, 0) is 30.4 Å². The van der Waals surface area contributed by atoms with Crippen molar-refractivity contribution in [3.05, 3.63) is 77.9 Å². The number of amides is 1. The second kappa shape index (κ2) is 10.6.